The van der Waals surface area contributed by atoms with Crippen molar-refractivity contribution in [2.45, 2.75) is 51.0 Å². The van der Waals surface area contributed by atoms with E-state index < -0.39 is 0 Å². The predicted octanol–water partition coefficient (Wildman–Crippen LogP) is 3.04. The first-order valence-electron chi connectivity index (χ1n) is 9.85. The molecule has 5 nitrogen and oxygen atoms in total. The summed E-state index contributed by atoms with van der Waals surface area (Å²) < 4.78 is 5.14. The van der Waals surface area contributed by atoms with Crippen LogP contribution in [-0.4, -0.2) is 49.4 Å². The lowest BCUT2D eigenvalue weighted by atomic mass is 9.89. The number of nitrogens with one attached hydrogen (secondary N) is 1. The molecule has 3 rings (SSSR count). The van der Waals surface area contributed by atoms with Crippen LogP contribution in [0.25, 0.3) is 0 Å². The summed E-state index contributed by atoms with van der Waals surface area (Å²) in [7, 11) is 1.62. The number of likely N-dealkylation sites (tertiary alicyclic amines) is 1. The van der Waals surface area contributed by atoms with E-state index in [1.165, 1.54) is 19.3 Å². The highest BCUT2D eigenvalue weighted by molar-refractivity contribution is 5.98. The third kappa shape index (κ3) is 5.07. The third-order valence-electron chi connectivity index (χ3n) is 5.67. The number of Topliss-reactive ketones (excluding diaryl/α,β-unsaturated/α-hetero) is 1. The van der Waals surface area contributed by atoms with Gasteiger partial charge in [0.2, 0.25) is 5.91 Å². The molecular weight excluding hydrogens is 328 g/mol. The van der Waals surface area contributed by atoms with E-state index in [4.69, 9.17) is 4.74 Å². The molecule has 5 heteroatoms. The standard InChI is InChI=1S/C21H30N2O3/c1-26-19-9-7-16(8-10-19)21(25)17-11-13-23(14-12-17)15-20(24)22-18-5-3-2-4-6-18/h7-10,17-18H,2-6,11-15H2,1H3,(H,22,24). The van der Waals surface area contributed by atoms with E-state index in [1.807, 2.05) is 24.3 Å². The van der Waals surface area contributed by atoms with Gasteiger partial charge in [-0.25, -0.2) is 0 Å². The van der Waals surface area contributed by atoms with Gasteiger partial charge in [0.1, 0.15) is 5.75 Å². The molecule has 0 spiro atoms. The maximum Gasteiger partial charge on any atom is 0.234 e. The van der Waals surface area contributed by atoms with E-state index in [9.17, 15) is 9.59 Å². The van der Waals surface area contributed by atoms with Crippen LogP contribution < -0.4 is 10.1 Å². The number of nitrogens with zero attached hydrogens (tertiary/aromatic N) is 1. The minimum absolute atomic E-state index is 0.0565. The lowest BCUT2D eigenvalue weighted by Gasteiger charge is -2.31. The van der Waals surface area contributed by atoms with Gasteiger partial charge in [-0.2, -0.15) is 0 Å². The molecule has 1 amide bonds. The van der Waals surface area contributed by atoms with Crippen molar-refractivity contribution in [3.8, 4) is 5.75 Å². The zero-order chi connectivity index (χ0) is 18.4. The number of amides is 1. The molecule has 142 valence electrons. The Hall–Kier alpha value is -1.88. The summed E-state index contributed by atoms with van der Waals surface area (Å²) in [6, 6.07) is 7.71. The van der Waals surface area contributed by atoms with Crippen LogP contribution in [-0.2, 0) is 4.79 Å². The van der Waals surface area contributed by atoms with Gasteiger partial charge in [-0.15, -0.1) is 0 Å². The van der Waals surface area contributed by atoms with Crippen molar-refractivity contribution in [2.24, 2.45) is 5.92 Å². The highest BCUT2D eigenvalue weighted by atomic mass is 16.5. The van der Waals surface area contributed by atoms with Crippen molar-refractivity contribution in [2.75, 3.05) is 26.7 Å². The number of ether oxygens (including phenoxy) is 1. The fraction of sp³-hybridized carbons (Fsp3) is 0.619. The number of methoxy groups -OCH3 is 1. The molecule has 0 aromatic heterocycles. The summed E-state index contributed by atoms with van der Waals surface area (Å²) >= 11 is 0. The van der Waals surface area contributed by atoms with Crippen LogP contribution in [0.15, 0.2) is 24.3 Å². The average molecular weight is 358 g/mol. The Morgan fingerprint density at radius 2 is 1.69 bits per heavy atom. The third-order valence-corrected chi connectivity index (χ3v) is 5.67. The van der Waals surface area contributed by atoms with Crippen LogP contribution in [0.1, 0.15) is 55.3 Å². The van der Waals surface area contributed by atoms with E-state index in [1.54, 1.807) is 7.11 Å². The number of hydrogen-bond acceptors (Lipinski definition) is 4. The summed E-state index contributed by atoms with van der Waals surface area (Å²) in [5.41, 5.74) is 0.749. The zero-order valence-corrected chi connectivity index (χ0v) is 15.7. The van der Waals surface area contributed by atoms with Crippen LogP contribution >= 0.6 is 0 Å². The van der Waals surface area contributed by atoms with E-state index >= 15 is 0 Å². The molecule has 1 saturated carbocycles. The van der Waals surface area contributed by atoms with Crippen molar-refractivity contribution in [1.82, 2.24) is 10.2 Å². The molecule has 1 aromatic carbocycles. The lowest BCUT2D eigenvalue weighted by molar-refractivity contribution is -0.123. The van der Waals surface area contributed by atoms with Crippen molar-refractivity contribution in [3.05, 3.63) is 29.8 Å². The number of carbonyl (C=O) groups excluding carboxylic acids is 2. The van der Waals surface area contributed by atoms with E-state index in [0.717, 1.165) is 50.1 Å². The maximum absolute atomic E-state index is 12.7. The molecular formula is C21H30N2O3. The van der Waals surface area contributed by atoms with Crippen molar-refractivity contribution >= 4 is 11.7 Å². The number of hydrogen-bond donors (Lipinski definition) is 1. The minimum Gasteiger partial charge on any atom is -0.497 e. The monoisotopic (exact) mass is 358 g/mol. The van der Waals surface area contributed by atoms with Gasteiger partial charge < -0.3 is 10.1 Å². The Kier molecular flexibility index (Phi) is 6.67. The van der Waals surface area contributed by atoms with Gasteiger partial charge in [0.05, 0.1) is 13.7 Å². The first kappa shape index (κ1) is 18.9. The van der Waals surface area contributed by atoms with E-state index in [2.05, 4.69) is 10.2 Å². The molecule has 1 N–H and O–H groups in total. The summed E-state index contributed by atoms with van der Waals surface area (Å²) in [4.78, 5) is 27.1. The number of rotatable bonds is 6. The van der Waals surface area contributed by atoms with Crippen LogP contribution in [0.4, 0.5) is 0 Å². The van der Waals surface area contributed by atoms with Gasteiger partial charge in [-0.1, -0.05) is 19.3 Å². The SMILES string of the molecule is COc1ccc(C(=O)C2CCN(CC(=O)NC3CCCCC3)CC2)cc1. The number of piperidine rings is 1. The fourth-order valence-electron chi connectivity index (χ4n) is 4.07. The Balaban J connectivity index is 1.43. The summed E-state index contributed by atoms with van der Waals surface area (Å²) in [5, 5.41) is 3.18. The van der Waals surface area contributed by atoms with Gasteiger partial charge in [-0.05, 0) is 63.0 Å². The lowest BCUT2D eigenvalue weighted by Crippen LogP contribution is -2.45. The molecule has 1 heterocycles. The molecule has 1 aliphatic carbocycles. The number of benzene rings is 1. The highest BCUT2D eigenvalue weighted by Gasteiger charge is 2.27. The zero-order valence-electron chi connectivity index (χ0n) is 15.7. The Morgan fingerprint density at radius 3 is 2.31 bits per heavy atom. The Morgan fingerprint density at radius 1 is 1.04 bits per heavy atom. The second kappa shape index (κ2) is 9.17. The van der Waals surface area contributed by atoms with E-state index in [-0.39, 0.29) is 17.6 Å². The van der Waals surface area contributed by atoms with Crippen LogP contribution in [0.5, 0.6) is 5.75 Å². The largest absolute Gasteiger partial charge is 0.497 e. The second-order valence-electron chi connectivity index (χ2n) is 7.55. The van der Waals surface area contributed by atoms with Gasteiger partial charge in [-0.3, -0.25) is 14.5 Å². The molecule has 2 fully saturated rings. The fourth-order valence-corrected chi connectivity index (χ4v) is 4.07. The summed E-state index contributed by atoms with van der Waals surface area (Å²) in [6.45, 7) is 2.08. The van der Waals surface area contributed by atoms with Crippen LogP contribution in [0, 0.1) is 5.92 Å². The smallest absolute Gasteiger partial charge is 0.234 e. The molecule has 1 aliphatic heterocycles. The van der Waals surface area contributed by atoms with Crippen molar-refractivity contribution in [1.29, 1.82) is 0 Å². The number of carbonyl (C=O) groups is 2. The normalized spacial score (nSPS) is 19.9. The molecule has 1 aromatic rings. The van der Waals surface area contributed by atoms with Gasteiger partial charge in [0, 0.05) is 17.5 Å². The molecule has 0 atom stereocenters. The topological polar surface area (TPSA) is 58.6 Å². The first-order valence-corrected chi connectivity index (χ1v) is 9.85. The van der Waals surface area contributed by atoms with Gasteiger partial charge in [0.25, 0.3) is 0 Å². The summed E-state index contributed by atoms with van der Waals surface area (Å²) in [5.74, 6) is 1.16. The highest BCUT2D eigenvalue weighted by Crippen LogP contribution is 2.23. The molecule has 2 aliphatic rings. The second-order valence-corrected chi connectivity index (χ2v) is 7.55. The van der Waals surface area contributed by atoms with Gasteiger partial charge >= 0.3 is 0 Å². The van der Waals surface area contributed by atoms with Crippen molar-refractivity contribution < 1.29 is 14.3 Å². The van der Waals surface area contributed by atoms with E-state index in [0.29, 0.717) is 12.6 Å². The predicted molar refractivity (Wildman–Crippen MR) is 102 cm³/mol. The molecule has 0 bridgehead atoms. The molecule has 0 radical (unpaired) electrons. The summed E-state index contributed by atoms with van der Waals surface area (Å²) in [6.07, 6.45) is 7.62. The Labute approximate surface area is 156 Å². The minimum atomic E-state index is 0.0565. The first-order chi connectivity index (χ1) is 12.7. The van der Waals surface area contributed by atoms with Crippen LogP contribution in [0.2, 0.25) is 0 Å². The molecule has 26 heavy (non-hydrogen) atoms. The van der Waals surface area contributed by atoms with Crippen LogP contribution in [0.3, 0.4) is 0 Å². The quantitative estimate of drug-likeness (QED) is 0.794. The maximum atomic E-state index is 12.7. The molecule has 1 saturated heterocycles. The van der Waals surface area contributed by atoms with Crippen molar-refractivity contribution in [3.63, 3.8) is 0 Å². The average Bonchev–Trinajstić information content (AvgIpc) is 2.69. The number of ketones is 1. The Bertz CT molecular complexity index is 600. The molecule has 0 unspecified atom stereocenters. The van der Waals surface area contributed by atoms with Gasteiger partial charge in [0.15, 0.2) is 5.78 Å².